The zero-order chi connectivity index (χ0) is 27.6. The number of rotatable bonds is 7. The molecule has 204 valence electrons. The Morgan fingerprint density at radius 3 is 2.75 bits per heavy atom. The van der Waals surface area contributed by atoms with E-state index in [1.54, 1.807) is 23.2 Å². The Morgan fingerprint density at radius 2 is 1.95 bits per heavy atom. The van der Waals surface area contributed by atoms with E-state index in [2.05, 4.69) is 16.0 Å². The summed E-state index contributed by atoms with van der Waals surface area (Å²) in [4.78, 5) is 27.6. The Morgan fingerprint density at radius 1 is 1.10 bits per heavy atom. The normalized spacial score (nSPS) is 15.6. The number of pyridine rings is 2. The number of benzene rings is 2. The number of hydrogen-bond donors (Lipinski definition) is 1. The van der Waals surface area contributed by atoms with Crippen molar-refractivity contribution >= 4 is 28.3 Å². The number of halogens is 1. The largest absolute Gasteiger partial charge is 0.391 e. The van der Waals surface area contributed by atoms with E-state index in [-0.39, 0.29) is 11.7 Å². The zero-order valence-corrected chi connectivity index (χ0v) is 22.5. The number of imidazole rings is 1. The van der Waals surface area contributed by atoms with Gasteiger partial charge in [-0.15, -0.1) is 0 Å². The number of carbonyl (C=O) groups excluding carboxylic acids is 1. The van der Waals surface area contributed by atoms with Crippen LogP contribution in [-0.2, 0) is 13.0 Å². The number of hydrogen-bond acceptors (Lipinski definition) is 5. The fourth-order valence-corrected chi connectivity index (χ4v) is 5.49. The first-order chi connectivity index (χ1) is 19.4. The molecule has 6 rings (SSSR count). The molecule has 40 heavy (non-hydrogen) atoms. The van der Waals surface area contributed by atoms with Crippen LogP contribution in [0.1, 0.15) is 40.0 Å². The standard InChI is InChI=1S/C32H32FN5O2/c1-22-6-4-7-24-18-25(31(35-30(22)24)37-16-5-8-27(39)20-37)19-38(17-14-23-10-12-26(33)13-11-23)32(40)28-21-36-15-3-2-9-29(36)34-28/h2-4,6-7,9-13,15,18,21,27,39H,5,8,14,16-17,19-20H2,1H3. The first-order valence-corrected chi connectivity index (χ1v) is 13.7. The van der Waals surface area contributed by atoms with Crippen molar-refractivity contribution in [3.8, 4) is 0 Å². The molecule has 5 aromatic rings. The fraction of sp³-hybridized carbons (Fsp3) is 0.281. The summed E-state index contributed by atoms with van der Waals surface area (Å²) in [6.45, 7) is 4.10. The number of amides is 1. The van der Waals surface area contributed by atoms with Crippen molar-refractivity contribution < 1.29 is 14.3 Å². The lowest BCUT2D eigenvalue weighted by Gasteiger charge is -2.33. The van der Waals surface area contributed by atoms with Crippen LogP contribution in [0.5, 0.6) is 0 Å². The summed E-state index contributed by atoms with van der Waals surface area (Å²) in [5.74, 6) is 0.335. The smallest absolute Gasteiger partial charge is 0.274 e. The van der Waals surface area contributed by atoms with Crippen molar-refractivity contribution in [3.05, 3.63) is 107 Å². The summed E-state index contributed by atoms with van der Waals surface area (Å²) in [6, 6.07) is 20.3. The highest BCUT2D eigenvalue weighted by Gasteiger charge is 2.25. The highest BCUT2D eigenvalue weighted by Crippen LogP contribution is 2.29. The molecule has 1 unspecified atom stereocenters. The van der Waals surface area contributed by atoms with Crippen LogP contribution < -0.4 is 4.90 Å². The van der Waals surface area contributed by atoms with Gasteiger partial charge in [-0.1, -0.05) is 36.4 Å². The average molecular weight is 538 g/mol. The predicted octanol–water partition coefficient (Wildman–Crippen LogP) is 5.18. The number of para-hydroxylation sites is 1. The molecule has 1 N–H and O–H groups in total. The van der Waals surface area contributed by atoms with E-state index in [1.165, 1.54) is 12.1 Å². The lowest BCUT2D eigenvalue weighted by molar-refractivity contribution is 0.0739. The van der Waals surface area contributed by atoms with E-state index in [1.807, 2.05) is 53.9 Å². The summed E-state index contributed by atoms with van der Waals surface area (Å²) in [6.07, 6.45) is 5.43. The SMILES string of the molecule is Cc1cccc2cc(CN(CCc3ccc(F)cc3)C(=O)c3cn4ccccc4n3)c(N3CCCC(O)C3)nc12. The molecule has 0 aliphatic carbocycles. The molecule has 1 amide bonds. The van der Waals surface area contributed by atoms with Crippen molar-refractivity contribution in [2.75, 3.05) is 24.5 Å². The van der Waals surface area contributed by atoms with Crippen molar-refractivity contribution in [3.63, 3.8) is 0 Å². The lowest BCUT2D eigenvalue weighted by atomic mass is 10.0. The van der Waals surface area contributed by atoms with Crippen LogP contribution in [0, 0.1) is 12.7 Å². The molecule has 0 saturated carbocycles. The van der Waals surface area contributed by atoms with Gasteiger partial charge in [0.25, 0.3) is 5.91 Å². The highest BCUT2D eigenvalue weighted by molar-refractivity contribution is 5.93. The topological polar surface area (TPSA) is 74.0 Å². The maximum atomic E-state index is 14.0. The molecule has 2 aromatic carbocycles. The third-order valence-electron chi connectivity index (χ3n) is 7.61. The van der Waals surface area contributed by atoms with Crippen molar-refractivity contribution in [1.82, 2.24) is 19.3 Å². The molecule has 0 bridgehead atoms. The number of anilines is 1. The van der Waals surface area contributed by atoms with Crippen LogP contribution in [-0.4, -0.2) is 56.0 Å². The molecule has 0 spiro atoms. The molecule has 3 aromatic heterocycles. The summed E-state index contributed by atoms with van der Waals surface area (Å²) in [5.41, 5.74) is 4.94. The molecule has 4 heterocycles. The molecule has 1 atom stereocenters. The number of carbonyl (C=O) groups is 1. The Kier molecular flexibility index (Phi) is 7.17. The Balaban J connectivity index is 1.39. The average Bonchev–Trinajstić information content (AvgIpc) is 3.40. The summed E-state index contributed by atoms with van der Waals surface area (Å²) in [7, 11) is 0. The van der Waals surface area contributed by atoms with E-state index in [0.29, 0.717) is 37.4 Å². The van der Waals surface area contributed by atoms with Crippen LogP contribution >= 0.6 is 0 Å². The van der Waals surface area contributed by atoms with Gasteiger partial charge in [-0.05, 0) is 67.6 Å². The summed E-state index contributed by atoms with van der Waals surface area (Å²) >= 11 is 0. The molecule has 1 aliphatic rings. The van der Waals surface area contributed by atoms with Gasteiger partial charge in [0, 0.05) is 49.5 Å². The zero-order valence-electron chi connectivity index (χ0n) is 22.5. The van der Waals surface area contributed by atoms with Gasteiger partial charge in [0.05, 0.1) is 11.6 Å². The Hall–Kier alpha value is -4.30. The number of aliphatic hydroxyl groups excluding tert-OH is 1. The molecule has 1 fully saturated rings. The second-order valence-corrected chi connectivity index (χ2v) is 10.6. The molecule has 1 saturated heterocycles. The van der Waals surface area contributed by atoms with Gasteiger partial charge in [0.15, 0.2) is 0 Å². The number of β-amino-alcohol motifs (C(OH)–C–C–N with tert-alkyl or cyclic N) is 1. The van der Waals surface area contributed by atoms with Gasteiger partial charge in [-0.3, -0.25) is 4.79 Å². The number of piperidine rings is 1. The van der Waals surface area contributed by atoms with E-state index in [0.717, 1.165) is 52.8 Å². The number of aliphatic hydroxyl groups is 1. The Labute approximate surface area is 232 Å². The summed E-state index contributed by atoms with van der Waals surface area (Å²) < 4.78 is 15.4. The number of fused-ring (bicyclic) bond motifs is 2. The van der Waals surface area contributed by atoms with Gasteiger partial charge in [-0.2, -0.15) is 0 Å². The molecule has 0 radical (unpaired) electrons. The first-order valence-electron chi connectivity index (χ1n) is 13.7. The minimum Gasteiger partial charge on any atom is -0.391 e. The first kappa shape index (κ1) is 26.0. The van der Waals surface area contributed by atoms with Crippen molar-refractivity contribution in [1.29, 1.82) is 0 Å². The minimum absolute atomic E-state index is 0.181. The predicted molar refractivity (Wildman–Crippen MR) is 154 cm³/mol. The van der Waals surface area contributed by atoms with E-state index in [4.69, 9.17) is 4.98 Å². The maximum Gasteiger partial charge on any atom is 0.274 e. The molecular formula is C32H32FN5O2. The summed E-state index contributed by atoms with van der Waals surface area (Å²) in [5, 5.41) is 11.5. The maximum absolute atomic E-state index is 14.0. The molecular weight excluding hydrogens is 505 g/mol. The van der Waals surface area contributed by atoms with Gasteiger partial charge < -0.3 is 19.3 Å². The van der Waals surface area contributed by atoms with E-state index < -0.39 is 6.10 Å². The third-order valence-corrected chi connectivity index (χ3v) is 7.61. The fourth-order valence-electron chi connectivity index (χ4n) is 5.49. The lowest BCUT2D eigenvalue weighted by Crippen LogP contribution is -2.40. The van der Waals surface area contributed by atoms with E-state index in [9.17, 15) is 14.3 Å². The Bertz CT molecular complexity index is 1630. The van der Waals surface area contributed by atoms with Gasteiger partial charge in [0.1, 0.15) is 23.0 Å². The van der Waals surface area contributed by atoms with E-state index >= 15 is 0 Å². The quantitative estimate of drug-likeness (QED) is 0.310. The van der Waals surface area contributed by atoms with Crippen LogP contribution in [0.2, 0.25) is 0 Å². The second kappa shape index (κ2) is 11.1. The number of aromatic nitrogens is 3. The number of aryl methyl sites for hydroxylation is 1. The van der Waals surface area contributed by atoms with Crippen LogP contribution in [0.15, 0.2) is 79.1 Å². The highest BCUT2D eigenvalue weighted by atomic mass is 19.1. The number of nitrogens with zero attached hydrogens (tertiary/aromatic N) is 5. The molecule has 1 aliphatic heterocycles. The van der Waals surface area contributed by atoms with Gasteiger partial charge in [-0.25, -0.2) is 14.4 Å². The third kappa shape index (κ3) is 5.40. The van der Waals surface area contributed by atoms with Crippen LogP contribution in [0.4, 0.5) is 10.2 Å². The van der Waals surface area contributed by atoms with Crippen molar-refractivity contribution in [2.24, 2.45) is 0 Å². The van der Waals surface area contributed by atoms with Crippen LogP contribution in [0.3, 0.4) is 0 Å². The molecule has 7 nitrogen and oxygen atoms in total. The molecule has 8 heteroatoms. The van der Waals surface area contributed by atoms with Gasteiger partial charge >= 0.3 is 0 Å². The van der Waals surface area contributed by atoms with Crippen molar-refractivity contribution in [2.45, 2.75) is 38.8 Å². The van der Waals surface area contributed by atoms with Crippen LogP contribution in [0.25, 0.3) is 16.6 Å². The monoisotopic (exact) mass is 537 g/mol. The second-order valence-electron chi connectivity index (χ2n) is 10.6. The minimum atomic E-state index is -0.412. The van der Waals surface area contributed by atoms with Gasteiger partial charge in [0.2, 0.25) is 0 Å².